The first-order valence-corrected chi connectivity index (χ1v) is 12.6. The van der Waals surface area contributed by atoms with E-state index in [0.29, 0.717) is 5.41 Å². The molecule has 7 atom stereocenters. The quantitative estimate of drug-likeness (QED) is 0.221. The SMILES string of the molecule is CCCCCCCCCCC1(c2ccccc2)CC2CC1C1C3C=CC(C3)C21. The molecule has 3 fully saturated rings. The topological polar surface area (TPSA) is 0 Å². The van der Waals surface area contributed by atoms with E-state index >= 15 is 0 Å². The molecule has 0 nitrogen and oxygen atoms in total. The third-order valence-electron chi connectivity index (χ3n) is 9.31. The molecule has 4 aliphatic rings. The Morgan fingerprint density at radius 3 is 2.21 bits per heavy atom. The molecule has 0 aromatic heterocycles. The first kappa shape index (κ1) is 19.0. The number of rotatable bonds is 10. The Balaban J connectivity index is 1.26. The van der Waals surface area contributed by atoms with E-state index in [1.165, 1.54) is 77.0 Å². The van der Waals surface area contributed by atoms with Crippen LogP contribution in [0.1, 0.15) is 89.5 Å². The number of benzene rings is 1. The number of hydrogen-bond donors (Lipinski definition) is 0. The molecule has 0 radical (unpaired) electrons. The highest BCUT2D eigenvalue weighted by Crippen LogP contribution is 2.71. The molecular formula is C28H40. The number of unbranched alkanes of at least 4 members (excludes halogenated alkanes) is 7. The van der Waals surface area contributed by atoms with E-state index in [0.717, 1.165) is 35.5 Å². The Morgan fingerprint density at radius 2 is 1.46 bits per heavy atom. The molecule has 0 N–H and O–H groups in total. The van der Waals surface area contributed by atoms with Crippen molar-refractivity contribution in [1.29, 1.82) is 0 Å². The van der Waals surface area contributed by atoms with E-state index in [2.05, 4.69) is 49.4 Å². The molecule has 0 amide bonds. The van der Waals surface area contributed by atoms with Gasteiger partial charge in [-0.25, -0.2) is 0 Å². The smallest absolute Gasteiger partial charge is 0.00130 e. The summed E-state index contributed by atoms with van der Waals surface area (Å²) in [7, 11) is 0. The molecule has 0 aliphatic heterocycles. The maximum absolute atomic E-state index is 2.61. The van der Waals surface area contributed by atoms with Gasteiger partial charge >= 0.3 is 0 Å². The second-order valence-electron chi connectivity index (χ2n) is 10.7. The first-order valence-electron chi connectivity index (χ1n) is 12.6. The lowest BCUT2D eigenvalue weighted by Gasteiger charge is -2.46. The number of fused-ring (bicyclic) bond motifs is 9. The third kappa shape index (κ3) is 3.10. The van der Waals surface area contributed by atoms with Crippen molar-refractivity contribution < 1.29 is 0 Å². The largest absolute Gasteiger partial charge is 0.0848 e. The van der Waals surface area contributed by atoms with Crippen LogP contribution in [-0.2, 0) is 5.41 Å². The summed E-state index contributed by atoms with van der Waals surface area (Å²) in [6, 6.07) is 11.8. The van der Waals surface area contributed by atoms with Gasteiger partial charge in [0.2, 0.25) is 0 Å². The molecule has 28 heavy (non-hydrogen) atoms. The summed E-state index contributed by atoms with van der Waals surface area (Å²) in [6.07, 6.45) is 22.7. The molecule has 1 aromatic rings. The maximum Gasteiger partial charge on any atom is -0.00130 e. The Bertz CT molecular complexity index is 673. The second-order valence-corrected chi connectivity index (χ2v) is 10.7. The molecule has 5 rings (SSSR count). The first-order chi connectivity index (χ1) is 13.8. The summed E-state index contributed by atoms with van der Waals surface area (Å²) in [5.74, 6) is 5.92. The van der Waals surface area contributed by atoms with Crippen LogP contribution in [0.4, 0.5) is 0 Å². The van der Waals surface area contributed by atoms with Crippen molar-refractivity contribution in [2.24, 2.45) is 35.5 Å². The Labute approximate surface area is 173 Å². The lowest BCUT2D eigenvalue weighted by atomic mass is 9.58. The summed E-state index contributed by atoms with van der Waals surface area (Å²) in [4.78, 5) is 0. The molecule has 0 heteroatoms. The van der Waals surface area contributed by atoms with E-state index in [-0.39, 0.29) is 0 Å². The van der Waals surface area contributed by atoms with E-state index < -0.39 is 0 Å². The Hall–Kier alpha value is -1.04. The number of hydrogen-bond acceptors (Lipinski definition) is 0. The standard InChI is InChI=1S/C28H40/c1-2-3-4-5-6-7-8-12-17-28(24-13-10-9-11-14-24)20-23-19-25(28)27-22-16-15-21(18-22)26(23)27/h9-11,13-16,21-23,25-27H,2-8,12,17-20H2,1H3. The second kappa shape index (κ2) is 8.00. The fourth-order valence-corrected chi connectivity index (χ4v) is 8.31. The fourth-order valence-electron chi connectivity index (χ4n) is 8.31. The van der Waals surface area contributed by atoms with Crippen molar-refractivity contribution in [3.8, 4) is 0 Å². The predicted molar refractivity (Wildman–Crippen MR) is 119 cm³/mol. The van der Waals surface area contributed by atoms with Crippen LogP contribution in [0.2, 0.25) is 0 Å². The zero-order valence-corrected chi connectivity index (χ0v) is 18.0. The van der Waals surface area contributed by atoms with Crippen molar-refractivity contribution >= 4 is 0 Å². The molecular weight excluding hydrogens is 336 g/mol. The molecule has 4 bridgehead atoms. The van der Waals surface area contributed by atoms with E-state index in [1.54, 1.807) is 5.56 Å². The van der Waals surface area contributed by atoms with Gasteiger partial charge in [-0.1, -0.05) is 101 Å². The monoisotopic (exact) mass is 376 g/mol. The van der Waals surface area contributed by atoms with Gasteiger partial charge in [0.15, 0.2) is 0 Å². The van der Waals surface area contributed by atoms with Gasteiger partial charge in [-0.3, -0.25) is 0 Å². The highest BCUT2D eigenvalue weighted by atomic mass is 14.7. The zero-order valence-electron chi connectivity index (χ0n) is 18.0. The minimum absolute atomic E-state index is 0.508. The van der Waals surface area contributed by atoms with Gasteiger partial charge in [0, 0.05) is 0 Å². The van der Waals surface area contributed by atoms with Crippen LogP contribution >= 0.6 is 0 Å². The van der Waals surface area contributed by atoms with Crippen LogP contribution < -0.4 is 0 Å². The minimum atomic E-state index is 0.508. The highest BCUT2D eigenvalue weighted by molar-refractivity contribution is 5.34. The predicted octanol–water partition coefficient (Wildman–Crippen LogP) is 7.93. The van der Waals surface area contributed by atoms with Crippen molar-refractivity contribution in [3.05, 3.63) is 48.0 Å². The highest BCUT2D eigenvalue weighted by Gasteiger charge is 2.65. The van der Waals surface area contributed by atoms with Crippen LogP contribution in [0.25, 0.3) is 0 Å². The summed E-state index contributed by atoms with van der Waals surface area (Å²) in [5.41, 5.74) is 2.20. The molecule has 4 aliphatic carbocycles. The molecule has 7 unspecified atom stereocenters. The van der Waals surface area contributed by atoms with E-state index in [9.17, 15) is 0 Å². The van der Waals surface area contributed by atoms with Crippen LogP contribution in [0.3, 0.4) is 0 Å². The molecule has 0 saturated heterocycles. The van der Waals surface area contributed by atoms with Gasteiger partial charge in [-0.15, -0.1) is 0 Å². The average molecular weight is 377 g/mol. The molecule has 0 heterocycles. The van der Waals surface area contributed by atoms with Crippen LogP contribution in [0.5, 0.6) is 0 Å². The molecule has 3 saturated carbocycles. The summed E-state index contributed by atoms with van der Waals surface area (Å²) in [6.45, 7) is 2.31. The molecule has 0 spiro atoms. The van der Waals surface area contributed by atoms with Crippen molar-refractivity contribution in [2.75, 3.05) is 0 Å². The molecule has 1 aromatic carbocycles. The Kier molecular flexibility index (Phi) is 5.42. The lowest BCUT2D eigenvalue weighted by molar-refractivity contribution is 0.110. The summed E-state index contributed by atoms with van der Waals surface area (Å²) < 4.78 is 0. The van der Waals surface area contributed by atoms with Crippen molar-refractivity contribution in [1.82, 2.24) is 0 Å². The third-order valence-corrected chi connectivity index (χ3v) is 9.31. The zero-order chi connectivity index (χ0) is 19.0. The maximum atomic E-state index is 2.61. The van der Waals surface area contributed by atoms with Gasteiger partial charge in [-0.05, 0) is 72.2 Å². The summed E-state index contributed by atoms with van der Waals surface area (Å²) in [5, 5.41) is 0. The van der Waals surface area contributed by atoms with Gasteiger partial charge in [0.05, 0.1) is 0 Å². The normalized spacial score (nSPS) is 39.8. The van der Waals surface area contributed by atoms with Gasteiger partial charge in [0.25, 0.3) is 0 Å². The Morgan fingerprint density at radius 1 is 0.786 bits per heavy atom. The minimum Gasteiger partial charge on any atom is -0.0848 e. The average Bonchev–Trinajstić information content (AvgIpc) is 3.50. The van der Waals surface area contributed by atoms with Crippen LogP contribution in [0.15, 0.2) is 42.5 Å². The van der Waals surface area contributed by atoms with Crippen LogP contribution in [0, 0.1) is 35.5 Å². The van der Waals surface area contributed by atoms with Gasteiger partial charge in [0.1, 0.15) is 0 Å². The lowest BCUT2D eigenvalue weighted by Crippen LogP contribution is -2.42. The van der Waals surface area contributed by atoms with Crippen LogP contribution in [-0.4, -0.2) is 0 Å². The molecule has 152 valence electrons. The van der Waals surface area contributed by atoms with Crippen molar-refractivity contribution in [2.45, 2.75) is 89.4 Å². The van der Waals surface area contributed by atoms with Gasteiger partial charge in [-0.2, -0.15) is 0 Å². The number of allylic oxidation sites excluding steroid dienone is 2. The fraction of sp³-hybridized carbons (Fsp3) is 0.714. The van der Waals surface area contributed by atoms with E-state index in [4.69, 9.17) is 0 Å². The summed E-state index contributed by atoms with van der Waals surface area (Å²) >= 11 is 0. The van der Waals surface area contributed by atoms with Crippen molar-refractivity contribution in [3.63, 3.8) is 0 Å². The van der Waals surface area contributed by atoms with Gasteiger partial charge < -0.3 is 0 Å². The van der Waals surface area contributed by atoms with E-state index in [1.807, 2.05) is 0 Å².